The van der Waals surface area contributed by atoms with E-state index in [-0.39, 0.29) is 29.3 Å². The van der Waals surface area contributed by atoms with Crippen LogP contribution in [0, 0.1) is 5.41 Å². The Balaban J connectivity index is 1.32. The van der Waals surface area contributed by atoms with E-state index in [1.807, 2.05) is 12.1 Å². The van der Waals surface area contributed by atoms with Crippen molar-refractivity contribution in [2.75, 3.05) is 32.7 Å². The molecule has 2 bridgehead atoms. The van der Waals surface area contributed by atoms with Crippen molar-refractivity contribution in [3.63, 3.8) is 0 Å². The molecule has 164 valence electrons. The molecule has 1 atom stereocenters. The second kappa shape index (κ2) is 6.53. The minimum Gasteiger partial charge on any atom is -0.314 e. The molecule has 3 aliphatic carbocycles. The number of fused-ring (bicyclic) bond motifs is 1. The number of benzene rings is 1. The Kier molecular flexibility index (Phi) is 4.05. The van der Waals surface area contributed by atoms with Crippen molar-refractivity contribution in [2.45, 2.75) is 43.6 Å². The maximum Gasteiger partial charge on any atom is 0.329 e. The molecular weight excluding hydrogens is 394 g/mol. The van der Waals surface area contributed by atoms with Crippen LogP contribution in [0.1, 0.15) is 43.7 Å². The first-order chi connectivity index (χ1) is 14.9. The third-order valence-corrected chi connectivity index (χ3v) is 8.10. The molecule has 2 N–H and O–H groups in total. The molecule has 0 radical (unpaired) electrons. The number of rotatable bonds is 4. The highest BCUT2D eigenvalue weighted by molar-refractivity contribution is 6.00. The highest BCUT2D eigenvalue weighted by atomic mass is 16.2. The summed E-state index contributed by atoms with van der Waals surface area (Å²) in [4.78, 5) is 39.9. The van der Waals surface area contributed by atoms with Gasteiger partial charge in [-0.1, -0.05) is 12.1 Å². The summed E-state index contributed by atoms with van der Waals surface area (Å²) in [7, 11) is 1.80. The Labute approximate surface area is 180 Å². The lowest BCUT2D eigenvalue weighted by Crippen LogP contribution is -2.68. The average Bonchev–Trinajstić information content (AvgIpc) is 2.96. The first kappa shape index (κ1) is 19.3. The standard InChI is InChI=1S/C23H29N5O3/c1-26-19-15(23-11-22(12-23,13-23)14-27-9-7-24-8-10-27)3-2-4-16(19)28(21(26)31)17-5-6-18(29)25-20(17)30/h2-4,17,24H,5-14H2,1H3,(H,25,29,30)/t17?,22-,23-. The predicted molar refractivity (Wildman–Crippen MR) is 116 cm³/mol. The van der Waals surface area contributed by atoms with Gasteiger partial charge in [-0.15, -0.1) is 0 Å². The highest BCUT2D eigenvalue weighted by Gasteiger charge is 2.68. The van der Waals surface area contributed by atoms with Crippen molar-refractivity contribution >= 4 is 22.8 Å². The molecule has 1 unspecified atom stereocenters. The number of nitrogens with zero attached hydrogens (tertiary/aromatic N) is 3. The van der Waals surface area contributed by atoms with Crippen LogP contribution in [0.2, 0.25) is 0 Å². The van der Waals surface area contributed by atoms with E-state index in [2.05, 4.69) is 21.6 Å². The summed E-state index contributed by atoms with van der Waals surface area (Å²) in [6.07, 6.45) is 4.17. The molecule has 2 saturated heterocycles. The van der Waals surface area contributed by atoms with E-state index in [0.29, 0.717) is 11.8 Å². The molecule has 31 heavy (non-hydrogen) atoms. The molecule has 1 aromatic carbocycles. The second-order valence-corrected chi connectivity index (χ2v) is 10.2. The lowest BCUT2D eigenvalue weighted by molar-refractivity contribution is -0.156. The maximum absolute atomic E-state index is 13.2. The van der Waals surface area contributed by atoms with E-state index in [4.69, 9.17) is 0 Å². The van der Waals surface area contributed by atoms with Crippen LogP contribution in [0.3, 0.4) is 0 Å². The SMILES string of the molecule is Cn1c(=O)n(C2CCC(=O)NC2=O)c2cccc([C@]34C[C@@](CN5CCNCC5)(C3)C4)c21. The van der Waals surface area contributed by atoms with Gasteiger partial charge in [-0.05, 0) is 48.1 Å². The van der Waals surface area contributed by atoms with E-state index in [9.17, 15) is 14.4 Å². The number of piperidine rings is 1. The monoisotopic (exact) mass is 423 g/mol. The second-order valence-electron chi connectivity index (χ2n) is 10.2. The number of imide groups is 1. The van der Waals surface area contributed by atoms with E-state index in [1.54, 1.807) is 16.2 Å². The fourth-order valence-electron chi connectivity index (χ4n) is 6.89. The van der Waals surface area contributed by atoms with Gasteiger partial charge in [0.15, 0.2) is 0 Å². The number of hydrogen-bond acceptors (Lipinski definition) is 5. The molecule has 2 aliphatic heterocycles. The largest absolute Gasteiger partial charge is 0.329 e. The third-order valence-electron chi connectivity index (χ3n) is 8.10. The van der Waals surface area contributed by atoms with Crippen LogP contribution in [-0.2, 0) is 22.1 Å². The van der Waals surface area contributed by atoms with Crippen molar-refractivity contribution in [1.29, 1.82) is 0 Å². The Hall–Kier alpha value is -2.45. The normalized spacial score (nSPS) is 33.1. The molecule has 5 aliphatic rings. The van der Waals surface area contributed by atoms with Crippen LogP contribution in [0.15, 0.2) is 23.0 Å². The number of piperazine rings is 1. The molecule has 2 aromatic rings. The van der Waals surface area contributed by atoms with Gasteiger partial charge in [-0.2, -0.15) is 0 Å². The summed E-state index contributed by atoms with van der Waals surface area (Å²) in [5.41, 5.74) is 3.42. The zero-order chi connectivity index (χ0) is 21.4. The van der Waals surface area contributed by atoms with Gasteiger partial charge >= 0.3 is 5.69 Å². The summed E-state index contributed by atoms with van der Waals surface area (Å²) in [5.74, 6) is -0.643. The number of para-hydroxylation sites is 1. The number of imidazole rings is 1. The van der Waals surface area contributed by atoms with Crippen LogP contribution >= 0.6 is 0 Å². The number of carbonyl (C=O) groups excluding carboxylic acids is 2. The predicted octanol–water partition coefficient (Wildman–Crippen LogP) is 0.645. The molecule has 3 saturated carbocycles. The Bertz CT molecular complexity index is 1140. The van der Waals surface area contributed by atoms with E-state index in [1.165, 1.54) is 31.4 Å². The molecule has 5 fully saturated rings. The lowest BCUT2D eigenvalue weighted by Gasteiger charge is -2.72. The number of aromatic nitrogens is 2. The number of carbonyl (C=O) groups is 2. The van der Waals surface area contributed by atoms with Gasteiger partial charge in [-0.25, -0.2) is 4.79 Å². The molecule has 3 heterocycles. The smallest absolute Gasteiger partial charge is 0.314 e. The first-order valence-corrected chi connectivity index (χ1v) is 11.4. The number of aryl methyl sites for hydroxylation is 1. The van der Waals surface area contributed by atoms with Gasteiger partial charge in [0.2, 0.25) is 11.8 Å². The molecule has 0 spiro atoms. The zero-order valence-corrected chi connectivity index (χ0v) is 17.9. The van der Waals surface area contributed by atoms with Crippen molar-refractivity contribution in [3.05, 3.63) is 34.2 Å². The zero-order valence-electron chi connectivity index (χ0n) is 17.9. The van der Waals surface area contributed by atoms with E-state index >= 15 is 0 Å². The molecule has 8 heteroatoms. The summed E-state index contributed by atoms with van der Waals surface area (Å²) in [5, 5.41) is 5.82. The van der Waals surface area contributed by atoms with Crippen molar-refractivity contribution in [2.24, 2.45) is 12.5 Å². The van der Waals surface area contributed by atoms with E-state index in [0.717, 1.165) is 37.2 Å². The van der Waals surface area contributed by atoms with Crippen LogP contribution in [0.25, 0.3) is 11.0 Å². The molecule has 8 nitrogen and oxygen atoms in total. The first-order valence-electron chi connectivity index (χ1n) is 11.4. The summed E-state index contributed by atoms with van der Waals surface area (Å²) in [6.45, 7) is 5.61. The Morgan fingerprint density at radius 3 is 2.55 bits per heavy atom. The van der Waals surface area contributed by atoms with Crippen molar-refractivity contribution in [1.82, 2.24) is 24.7 Å². The van der Waals surface area contributed by atoms with E-state index < -0.39 is 6.04 Å². The number of amides is 2. The average molecular weight is 424 g/mol. The topological polar surface area (TPSA) is 88.4 Å². The van der Waals surface area contributed by atoms with Gasteiger partial charge in [0, 0.05) is 46.2 Å². The van der Waals surface area contributed by atoms with Crippen LogP contribution in [0.5, 0.6) is 0 Å². The number of hydrogen-bond donors (Lipinski definition) is 2. The molecule has 2 amide bonds. The fraction of sp³-hybridized carbons (Fsp3) is 0.609. The fourth-order valence-corrected chi connectivity index (χ4v) is 6.89. The molecular formula is C23H29N5O3. The summed E-state index contributed by atoms with van der Waals surface area (Å²) < 4.78 is 3.31. The maximum atomic E-state index is 13.2. The lowest BCUT2D eigenvalue weighted by atomic mass is 9.33. The summed E-state index contributed by atoms with van der Waals surface area (Å²) >= 11 is 0. The Morgan fingerprint density at radius 1 is 1.10 bits per heavy atom. The van der Waals surface area contributed by atoms with Gasteiger partial charge in [0.25, 0.3) is 0 Å². The van der Waals surface area contributed by atoms with Crippen LogP contribution < -0.4 is 16.3 Å². The van der Waals surface area contributed by atoms with Gasteiger partial charge in [0.1, 0.15) is 6.04 Å². The van der Waals surface area contributed by atoms with Crippen molar-refractivity contribution in [3.8, 4) is 0 Å². The van der Waals surface area contributed by atoms with Crippen LogP contribution in [0.4, 0.5) is 0 Å². The van der Waals surface area contributed by atoms with Crippen molar-refractivity contribution < 1.29 is 9.59 Å². The van der Waals surface area contributed by atoms with Gasteiger partial charge in [-0.3, -0.25) is 24.0 Å². The van der Waals surface area contributed by atoms with Crippen LogP contribution in [-0.4, -0.2) is 58.6 Å². The number of nitrogens with one attached hydrogen (secondary N) is 2. The third kappa shape index (κ3) is 2.70. The molecule has 7 rings (SSSR count). The minimum atomic E-state index is -0.628. The molecule has 1 aromatic heterocycles. The highest BCUT2D eigenvalue weighted by Crippen LogP contribution is 2.74. The van der Waals surface area contributed by atoms with Gasteiger partial charge < -0.3 is 10.2 Å². The van der Waals surface area contributed by atoms with Gasteiger partial charge in [0.05, 0.1) is 11.0 Å². The summed E-state index contributed by atoms with van der Waals surface area (Å²) in [6, 6.07) is 5.50. The quantitative estimate of drug-likeness (QED) is 0.705. The Morgan fingerprint density at radius 2 is 1.84 bits per heavy atom. The minimum absolute atomic E-state index is 0.161.